The summed E-state index contributed by atoms with van der Waals surface area (Å²) in [7, 11) is 0. The van der Waals surface area contributed by atoms with E-state index in [9.17, 15) is 0 Å². The van der Waals surface area contributed by atoms with E-state index in [1.54, 1.807) is 6.33 Å². The Balaban J connectivity index is 1.87. The van der Waals surface area contributed by atoms with Crippen LogP contribution in [0.2, 0.25) is 0 Å². The largest absolute Gasteiger partial charge is 0.369 e. The van der Waals surface area contributed by atoms with Gasteiger partial charge in [-0.05, 0) is 46.2 Å². The zero-order valence-electron chi connectivity index (χ0n) is 11.4. The van der Waals surface area contributed by atoms with Gasteiger partial charge in [0.1, 0.15) is 17.2 Å². The van der Waals surface area contributed by atoms with E-state index in [-0.39, 0.29) is 0 Å². The fourth-order valence-corrected chi connectivity index (χ4v) is 3.22. The summed E-state index contributed by atoms with van der Waals surface area (Å²) >= 11 is 5.05. The lowest BCUT2D eigenvalue weighted by Gasteiger charge is -2.08. The van der Waals surface area contributed by atoms with E-state index in [0.717, 1.165) is 44.5 Å². The number of aromatic amines is 1. The van der Waals surface area contributed by atoms with Gasteiger partial charge in [-0.1, -0.05) is 19.1 Å². The van der Waals surface area contributed by atoms with Gasteiger partial charge in [0.15, 0.2) is 5.16 Å². The van der Waals surface area contributed by atoms with Gasteiger partial charge in [0.05, 0.1) is 15.5 Å². The van der Waals surface area contributed by atoms with Crippen molar-refractivity contribution in [2.75, 3.05) is 11.9 Å². The molecule has 0 amide bonds. The van der Waals surface area contributed by atoms with E-state index in [1.807, 2.05) is 24.3 Å². The average Bonchev–Trinajstić information content (AvgIpc) is 2.90. The molecule has 3 rings (SSSR count). The van der Waals surface area contributed by atoms with E-state index >= 15 is 0 Å². The van der Waals surface area contributed by atoms with Crippen molar-refractivity contribution < 1.29 is 0 Å². The lowest BCUT2D eigenvalue weighted by Crippen LogP contribution is -2.03. The van der Waals surface area contributed by atoms with Crippen LogP contribution in [0.15, 0.2) is 45.2 Å². The summed E-state index contributed by atoms with van der Waals surface area (Å²) in [5.41, 5.74) is 1.98. The first kappa shape index (κ1) is 14.3. The topological polar surface area (TPSA) is 66.5 Å². The van der Waals surface area contributed by atoms with Crippen LogP contribution in [0, 0.1) is 0 Å². The van der Waals surface area contributed by atoms with Crippen LogP contribution in [0.25, 0.3) is 11.0 Å². The maximum atomic E-state index is 4.55. The molecule has 0 aliphatic rings. The van der Waals surface area contributed by atoms with Crippen LogP contribution in [0.5, 0.6) is 0 Å². The number of para-hydroxylation sites is 2. The summed E-state index contributed by atoms with van der Waals surface area (Å²) in [6, 6.07) is 7.96. The average molecular weight is 364 g/mol. The van der Waals surface area contributed by atoms with Crippen molar-refractivity contribution in [3.8, 4) is 0 Å². The molecule has 0 saturated heterocycles. The van der Waals surface area contributed by atoms with Gasteiger partial charge in [-0.2, -0.15) is 0 Å². The summed E-state index contributed by atoms with van der Waals surface area (Å²) in [4.78, 5) is 16.4. The second-order valence-corrected chi connectivity index (χ2v) is 6.20. The molecule has 0 atom stereocenters. The number of hydrogen-bond acceptors (Lipinski definition) is 5. The van der Waals surface area contributed by atoms with Gasteiger partial charge in [-0.3, -0.25) is 0 Å². The minimum absolute atomic E-state index is 0.811. The van der Waals surface area contributed by atoms with E-state index < -0.39 is 0 Å². The fraction of sp³-hybridized carbons (Fsp3) is 0.214. The molecule has 2 aromatic heterocycles. The van der Waals surface area contributed by atoms with Crippen LogP contribution in [-0.4, -0.2) is 26.5 Å². The van der Waals surface area contributed by atoms with Gasteiger partial charge in [-0.15, -0.1) is 0 Å². The number of anilines is 1. The molecule has 21 heavy (non-hydrogen) atoms. The predicted octanol–water partition coefficient (Wildman–Crippen LogP) is 4.09. The zero-order chi connectivity index (χ0) is 14.7. The highest BCUT2D eigenvalue weighted by atomic mass is 79.9. The number of nitrogens with one attached hydrogen (secondary N) is 2. The van der Waals surface area contributed by atoms with Gasteiger partial charge >= 0.3 is 0 Å². The van der Waals surface area contributed by atoms with E-state index in [2.05, 4.69) is 48.1 Å². The number of aromatic nitrogens is 4. The molecular formula is C14H14BrN5S. The summed E-state index contributed by atoms with van der Waals surface area (Å²) in [5.74, 6) is 0.811. The molecule has 108 valence electrons. The molecule has 0 fully saturated rings. The van der Waals surface area contributed by atoms with Crippen molar-refractivity contribution in [1.82, 2.24) is 19.9 Å². The molecule has 1 aromatic carbocycles. The van der Waals surface area contributed by atoms with Crippen molar-refractivity contribution >= 4 is 44.5 Å². The Kier molecular flexibility index (Phi) is 4.40. The first-order chi connectivity index (χ1) is 10.3. The number of hydrogen-bond donors (Lipinski definition) is 2. The Morgan fingerprint density at radius 3 is 2.95 bits per heavy atom. The molecule has 0 bridgehead atoms. The van der Waals surface area contributed by atoms with Gasteiger partial charge in [-0.25, -0.2) is 15.0 Å². The molecule has 0 radical (unpaired) electrons. The quantitative estimate of drug-likeness (QED) is 0.668. The molecule has 0 saturated carbocycles. The predicted molar refractivity (Wildman–Crippen MR) is 88.7 cm³/mol. The van der Waals surface area contributed by atoms with Crippen molar-refractivity contribution in [1.29, 1.82) is 0 Å². The van der Waals surface area contributed by atoms with Gasteiger partial charge in [0.2, 0.25) is 0 Å². The Morgan fingerprint density at radius 2 is 2.14 bits per heavy atom. The number of imidazole rings is 1. The highest BCUT2D eigenvalue weighted by Crippen LogP contribution is 2.34. The van der Waals surface area contributed by atoms with E-state index in [4.69, 9.17) is 0 Å². The van der Waals surface area contributed by atoms with Crippen LogP contribution in [0.3, 0.4) is 0 Å². The number of H-pyrrole nitrogens is 1. The molecule has 0 aliphatic carbocycles. The first-order valence-electron chi connectivity index (χ1n) is 6.65. The number of nitrogens with zero attached hydrogens (tertiary/aromatic N) is 3. The van der Waals surface area contributed by atoms with Crippen LogP contribution in [0.1, 0.15) is 13.3 Å². The monoisotopic (exact) mass is 363 g/mol. The maximum absolute atomic E-state index is 4.55. The molecule has 5 nitrogen and oxygen atoms in total. The lowest BCUT2D eigenvalue weighted by molar-refractivity contribution is 0.943. The Hall–Kier alpha value is -1.60. The second kappa shape index (κ2) is 6.44. The number of fused-ring (bicyclic) bond motifs is 1. The van der Waals surface area contributed by atoms with Crippen LogP contribution in [-0.2, 0) is 0 Å². The number of halogens is 1. The summed E-state index contributed by atoms with van der Waals surface area (Å²) < 4.78 is 0.865. The maximum Gasteiger partial charge on any atom is 0.172 e. The van der Waals surface area contributed by atoms with E-state index in [1.165, 1.54) is 11.8 Å². The van der Waals surface area contributed by atoms with Crippen molar-refractivity contribution in [2.45, 2.75) is 23.5 Å². The lowest BCUT2D eigenvalue weighted by atomic mass is 10.3. The Morgan fingerprint density at radius 1 is 1.29 bits per heavy atom. The highest BCUT2D eigenvalue weighted by Gasteiger charge is 2.12. The van der Waals surface area contributed by atoms with Crippen LogP contribution < -0.4 is 5.32 Å². The minimum atomic E-state index is 0.811. The van der Waals surface area contributed by atoms with Gasteiger partial charge < -0.3 is 10.3 Å². The highest BCUT2D eigenvalue weighted by molar-refractivity contribution is 9.10. The molecule has 0 spiro atoms. The zero-order valence-corrected chi connectivity index (χ0v) is 13.8. The third-order valence-electron chi connectivity index (χ3n) is 2.86. The normalized spacial score (nSPS) is 11.0. The molecule has 3 aromatic rings. The van der Waals surface area contributed by atoms with Crippen LogP contribution in [0.4, 0.5) is 5.82 Å². The van der Waals surface area contributed by atoms with Crippen molar-refractivity contribution in [2.24, 2.45) is 0 Å². The molecule has 2 heterocycles. The van der Waals surface area contributed by atoms with Gasteiger partial charge in [0, 0.05) is 6.54 Å². The Labute approximate surface area is 135 Å². The Bertz CT molecular complexity index is 725. The van der Waals surface area contributed by atoms with Crippen molar-refractivity contribution in [3.63, 3.8) is 0 Å². The summed E-state index contributed by atoms with van der Waals surface area (Å²) in [6.07, 6.45) is 2.61. The SMILES string of the molecule is CCCNc1ncnc(Sc2nc3ccccc3[nH]2)c1Br. The van der Waals surface area contributed by atoms with E-state index in [0.29, 0.717) is 0 Å². The second-order valence-electron chi connectivity index (χ2n) is 4.43. The summed E-state index contributed by atoms with van der Waals surface area (Å²) in [5, 5.41) is 4.93. The molecule has 7 heteroatoms. The number of benzene rings is 1. The number of rotatable bonds is 5. The third kappa shape index (κ3) is 3.19. The summed E-state index contributed by atoms with van der Waals surface area (Å²) in [6.45, 7) is 3.00. The fourth-order valence-electron chi connectivity index (χ4n) is 1.86. The molecule has 2 N–H and O–H groups in total. The van der Waals surface area contributed by atoms with Crippen LogP contribution >= 0.6 is 27.7 Å². The minimum Gasteiger partial charge on any atom is -0.369 e. The van der Waals surface area contributed by atoms with Gasteiger partial charge in [0.25, 0.3) is 0 Å². The molecule has 0 unspecified atom stereocenters. The molecule has 0 aliphatic heterocycles. The van der Waals surface area contributed by atoms with Crippen molar-refractivity contribution in [3.05, 3.63) is 35.1 Å². The smallest absolute Gasteiger partial charge is 0.172 e. The third-order valence-corrected chi connectivity index (χ3v) is 4.76. The first-order valence-corrected chi connectivity index (χ1v) is 8.26. The standard InChI is InChI=1S/C14H14BrN5S/c1-2-7-16-12-11(15)13(18-8-17-12)21-14-19-9-5-3-4-6-10(9)20-14/h3-6,8H,2,7H2,1H3,(H,19,20)(H,16,17,18). The molecular weight excluding hydrogens is 350 g/mol.